The molecule has 0 radical (unpaired) electrons. The lowest BCUT2D eigenvalue weighted by Crippen LogP contribution is -2.38. The fraction of sp³-hybridized carbons (Fsp3) is 0.455. The van der Waals surface area contributed by atoms with Gasteiger partial charge in [-0.1, -0.05) is 0 Å². The second kappa shape index (κ2) is 4.79. The number of ether oxygens (including phenoxy) is 1. The van der Waals surface area contributed by atoms with E-state index in [-0.39, 0.29) is 0 Å². The summed E-state index contributed by atoms with van der Waals surface area (Å²) in [5.41, 5.74) is -1.26. The van der Waals surface area contributed by atoms with Crippen LogP contribution >= 0.6 is 11.3 Å². The molecule has 3 rings (SSSR count). The molecule has 2 aromatic rings. The largest absolute Gasteiger partial charge is 0.394 e. The fourth-order valence-corrected chi connectivity index (χ4v) is 3.22. The lowest BCUT2D eigenvalue weighted by Gasteiger charge is -2.17. The highest BCUT2D eigenvalue weighted by atomic mass is 32.1. The van der Waals surface area contributed by atoms with E-state index in [1.165, 1.54) is 0 Å². The number of aromatic amines is 1. The molecule has 0 unspecified atom stereocenters. The fourth-order valence-electron chi connectivity index (χ4n) is 2.30. The van der Waals surface area contributed by atoms with Crippen LogP contribution in [-0.2, 0) is 4.74 Å². The van der Waals surface area contributed by atoms with Crippen molar-refractivity contribution in [2.75, 3.05) is 6.61 Å². The van der Waals surface area contributed by atoms with Gasteiger partial charge in [0.25, 0.3) is 5.56 Å². The van der Waals surface area contributed by atoms with Crippen molar-refractivity contribution in [3.8, 4) is 0 Å². The summed E-state index contributed by atoms with van der Waals surface area (Å²) in [4.78, 5) is 26.1. The maximum Gasteiger partial charge on any atom is 0.331 e. The van der Waals surface area contributed by atoms with Crippen molar-refractivity contribution in [1.29, 1.82) is 0 Å². The van der Waals surface area contributed by atoms with E-state index in [0.717, 1.165) is 15.9 Å². The zero-order chi connectivity index (χ0) is 14.4. The first-order chi connectivity index (χ1) is 9.54. The average molecular weight is 300 g/mol. The molecule has 4 atom stereocenters. The minimum atomic E-state index is -1.37. The van der Waals surface area contributed by atoms with Gasteiger partial charge in [0.2, 0.25) is 0 Å². The molecule has 0 bridgehead atoms. The summed E-state index contributed by atoms with van der Waals surface area (Å²) in [5, 5.41) is 30.7. The number of H-pyrrole nitrogens is 1. The van der Waals surface area contributed by atoms with E-state index in [0.29, 0.717) is 10.2 Å². The third kappa shape index (κ3) is 1.83. The number of nitrogens with zero attached hydrogens (tertiary/aromatic N) is 1. The summed E-state index contributed by atoms with van der Waals surface area (Å²) in [6.07, 6.45) is -4.82. The second-order valence-electron chi connectivity index (χ2n) is 4.50. The summed E-state index contributed by atoms with van der Waals surface area (Å²) in [5.74, 6) is 0. The molecular formula is C11H12N2O6S. The van der Waals surface area contributed by atoms with Crippen LogP contribution in [0.4, 0.5) is 0 Å². The number of nitrogens with one attached hydrogen (secondary N) is 1. The Kier molecular flexibility index (Phi) is 3.22. The summed E-state index contributed by atoms with van der Waals surface area (Å²) >= 11 is 1.15. The van der Waals surface area contributed by atoms with Crippen LogP contribution in [0.25, 0.3) is 10.2 Å². The van der Waals surface area contributed by atoms with Gasteiger partial charge in [0, 0.05) is 0 Å². The van der Waals surface area contributed by atoms with Crippen LogP contribution < -0.4 is 11.2 Å². The number of thiophene rings is 1. The number of hydrogen-bond donors (Lipinski definition) is 4. The van der Waals surface area contributed by atoms with Crippen LogP contribution in [0.1, 0.15) is 6.23 Å². The molecule has 0 aliphatic carbocycles. The normalized spacial score (nSPS) is 30.1. The van der Waals surface area contributed by atoms with Gasteiger partial charge < -0.3 is 20.1 Å². The quantitative estimate of drug-likeness (QED) is 0.527. The number of hydrogen-bond acceptors (Lipinski definition) is 7. The van der Waals surface area contributed by atoms with Gasteiger partial charge in [0.05, 0.1) is 12.0 Å². The van der Waals surface area contributed by atoms with E-state index in [4.69, 9.17) is 9.84 Å². The topological polar surface area (TPSA) is 125 Å². The van der Waals surface area contributed by atoms with E-state index in [1.807, 2.05) is 0 Å². The first kappa shape index (κ1) is 13.5. The van der Waals surface area contributed by atoms with Crippen molar-refractivity contribution < 1.29 is 20.1 Å². The zero-order valence-electron chi connectivity index (χ0n) is 10.1. The highest BCUT2D eigenvalue weighted by Crippen LogP contribution is 2.31. The predicted molar refractivity (Wildman–Crippen MR) is 69.7 cm³/mol. The van der Waals surface area contributed by atoms with Crippen molar-refractivity contribution in [2.45, 2.75) is 24.5 Å². The minimum absolute atomic E-state index is 0.298. The highest BCUT2D eigenvalue weighted by Gasteiger charge is 2.44. The van der Waals surface area contributed by atoms with Gasteiger partial charge in [-0.05, 0) is 11.4 Å². The van der Waals surface area contributed by atoms with Crippen LogP contribution in [0.2, 0.25) is 0 Å². The Labute approximate surface area is 115 Å². The lowest BCUT2D eigenvalue weighted by atomic mass is 10.1. The van der Waals surface area contributed by atoms with E-state index in [2.05, 4.69) is 4.98 Å². The summed E-state index contributed by atoms with van der Waals surface area (Å²) in [6.45, 7) is -0.486. The molecular weight excluding hydrogens is 288 g/mol. The van der Waals surface area contributed by atoms with Crippen LogP contribution in [-0.4, -0.2) is 49.8 Å². The molecule has 4 N–H and O–H groups in total. The molecule has 1 saturated heterocycles. The molecule has 8 nitrogen and oxygen atoms in total. The molecule has 1 aliphatic heterocycles. The number of aliphatic hydroxyl groups is 3. The molecule has 20 heavy (non-hydrogen) atoms. The highest BCUT2D eigenvalue weighted by molar-refractivity contribution is 7.16. The maximum absolute atomic E-state index is 12.0. The third-order valence-electron chi connectivity index (χ3n) is 3.32. The molecule has 0 saturated carbocycles. The monoisotopic (exact) mass is 300 g/mol. The summed E-state index contributed by atoms with van der Waals surface area (Å²) in [6, 6.07) is 1.55. The summed E-state index contributed by atoms with van der Waals surface area (Å²) in [7, 11) is 0. The van der Waals surface area contributed by atoms with Crippen molar-refractivity contribution in [1.82, 2.24) is 9.55 Å². The first-order valence-electron chi connectivity index (χ1n) is 5.89. The Hall–Kier alpha value is -1.52. The molecule has 0 spiro atoms. The van der Waals surface area contributed by atoms with Gasteiger partial charge in [-0.2, -0.15) is 0 Å². The van der Waals surface area contributed by atoms with E-state index in [9.17, 15) is 19.8 Å². The van der Waals surface area contributed by atoms with Crippen LogP contribution in [0.5, 0.6) is 0 Å². The van der Waals surface area contributed by atoms with Gasteiger partial charge >= 0.3 is 5.69 Å². The minimum Gasteiger partial charge on any atom is -0.394 e. The summed E-state index contributed by atoms with van der Waals surface area (Å²) < 4.78 is 6.41. The maximum atomic E-state index is 12.0. The molecule has 3 heterocycles. The third-order valence-corrected chi connectivity index (χ3v) is 4.23. The number of rotatable bonds is 2. The van der Waals surface area contributed by atoms with E-state index in [1.54, 1.807) is 11.4 Å². The Morgan fingerprint density at radius 1 is 1.35 bits per heavy atom. The van der Waals surface area contributed by atoms with Crippen LogP contribution in [0.15, 0.2) is 21.0 Å². The van der Waals surface area contributed by atoms with Gasteiger partial charge in [0.15, 0.2) is 6.23 Å². The molecule has 108 valence electrons. The molecule has 2 aromatic heterocycles. The Bertz CT molecular complexity index is 749. The van der Waals surface area contributed by atoms with E-state index < -0.39 is 42.4 Å². The molecule has 1 fully saturated rings. The van der Waals surface area contributed by atoms with Gasteiger partial charge in [-0.3, -0.25) is 14.3 Å². The number of aromatic nitrogens is 2. The molecule has 9 heteroatoms. The Morgan fingerprint density at radius 3 is 2.75 bits per heavy atom. The Morgan fingerprint density at radius 2 is 2.10 bits per heavy atom. The zero-order valence-corrected chi connectivity index (χ0v) is 10.9. The van der Waals surface area contributed by atoms with Crippen molar-refractivity contribution >= 4 is 21.6 Å². The van der Waals surface area contributed by atoms with Crippen molar-refractivity contribution in [3.05, 3.63) is 32.3 Å². The van der Waals surface area contributed by atoms with Crippen LogP contribution in [0, 0.1) is 0 Å². The second-order valence-corrected chi connectivity index (χ2v) is 5.39. The standard InChI is InChI=1S/C11H12N2O6S/c14-3-5-6(15)7(16)9(19-5)13-10-4(1-2-20-10)8(17)12-11(13)18/h1-2,5-7,9,14-16H,3H2,(H,12,17,18)/t5-,6-,7-,9-/m1/s1. The van der Waals surface area contributed by atoms with E-state index >= 15 is 0 Å². The molecule has 0 amide bonds. The smallest absolute Gasteiger partial charge is 0.331 e. The van der Waals surface area contributed by atoms with Gasteiger partial charge in [-0.15, -0.1) is 11.3 Å². The molecule has 1 aliphatic rings. The van der Waals surface area contributed by atoms with Crippen molar-refractivity contribution in [2.24, 2.45) is 0 Å². The van der Waals surface area contributed by atoms with Crippen LogP contribution in [0.3, 0.4) is 0 Å². The number of fused-ring (bicyclic) bond motifs is 1. The van der Waals surface area contributed by atoms with Gasteiger partial charge in [-0.25, -0.2) is 4.79 Å². The predicted octanol–water partition coefficient (Wildman–Crippen LogP) is -1.64. The SMILES string of the molecule is O=c1[nH]c(=O)n([C@@H]2O[C@H](CO)[C@@H](O)[C@H]2O)c2sccc12. The number of aliphatic hydroxyl groups excluding tert-OH is 3. The average Bonchev–Trinajstić information content (AvgIpc) is 2.99. The van der Waals surface area contributed by atoms with Crippen molar-refractivity contribution in [3.63, 3.8) is 0 Å². The first-order valence-corrected chi connectivity index (χ1v) is 6.77. The molecule has 0 aromatic carbocycles. The lowest BCUT2D eigenvalue weighted by molar-refractivity contribution is -0.0525. The Balaban J connectivity index is 2.18. The van der Waals surface area contributed by atoms with Gasteiger partial charge in [0.1, 0.15) is 23.1 Å².